The van der Waals surface area contributed by atoms with Crippen LogP contribution in [0, 0.1) is 5.92 Å². The third kappa shape index (κ3) is 3.82. The molecule has 0 saturated carbocycles. The molecule has 3 heterocycles. The van der Waals surface area contributed by atoms with Gasteiger partial charge in [0, 0.05) is 25.2 Å². The topological polar surface area (TPSA) is 72.5 Å². The van der Waals surface area contributed by atoms with Crippen molar-refractivity contribution in [2.75, 3.05) is 32.7 Å². The van der Waals surface area contributed by atoms with E-state index in [0.717, 1.165) is 49.9 Å². The summed E-state index contributed by atoms with van der Waals surface area (Å²) in [6, 6.07) is 18.2. The smallest absolute Gasteiger partial charge is 0.348 e. The summed E-state index contributed by atoms with van der Waals surface area (Å²) < 4.78 is 7.06. The largest absolute Gasteiger partial charge is 0.453 e. The maximum absolute atomic E-state index is 13.4. The van der Waals surface area contributed by atoms with E-state index < -0.39 is 11.6 Å². The van der Waals surface area contributed by atoms with Crippen LogP contribution in [0.5, 0.6) is 0 Å². The van der Waals surface area contributed by atoms with Crippen LogP contribution in [0.2, 0.25) is 0 Å². The van der Waals surface area contributed by atoms with Crippen LogP contribution in [-0.4, -0.2) is 54.4 Å². The first-order valence-electron chi connectivity index (χ1n) is 10.7. The number of benzene rings is 2. The van der Waals surface area contributed by atoms with Crippen molar-refractivity contribution < 1.29 is 19.1 Å². The van der Waals surface area contributed by atoms with Crippen molar-refractivity contribution in [3.05, 3.63) is 71.8 Å². The number of rotatable bonds is 7. The molecule has 5 rings (SSSR count). The summed E-state index contributed by atoms with van der Waals surface area (Å²) in [6.07, 6.45) is 2.97. The van der Waals surface area contributed by atoms with Crippen LogP contribution in [0.1, 0.15) is 30.4 Å². The molecule has 3 aliphatic heterocycles. The van der Waals surface area contributed by atoms with Crippen molar-refractivity contribution in [1.82, 2.24) is 0 Å². The molecule has 0 radical (unpaired) electrons. The van der Waals surface area contributed by atoms with E-state index in [2.05, 4.69) is 0 Å². The highest BCUT2D eigenvalue weighted by molar-refractivity contribution is 5.85. The Kier molecular flexibility index (Phi) is 5.72. The number of carbonyl (C=O) groups is 1. The number of nitrogens with zero attached hydrogens (tertiary/aromatic N) is 1. The van der Waals surface area contributed by atoms with Crippen molar-refractivity contribution in [2.45, 2.75) is 31.0 Å². The van der Waals surface area contributed by atoms with Crippen LogP contribution in [0.25, 0.3) is 0 Å². The Morgan fingerprint density at radius 3 is 2.10 bits per heavy atom. The van der Waals surface area contributed by atoms with Gasteiger partial charge in [0.1, 0.15) is 6.54 Å². The highest BCUT2D eigenvalue weighted by Gasteiger charge is 2.50. The lowest BCUT2D eigenvalue weighted by atomic mass is 9.82. The Morgan fingerprint density at radius 1 is 1.03 bits per heavy atom. The molecule has 0 aromatic heterocycles. The van der Waals surface area contributed by atoms with Gasteiger partial charge in [-0.15, -0.1) is 0 Å². The van der Waals surface area contributed by atoms with Gasteiger partial charge in [-0.25, -0.2) is 4.79 Å². The van der Waals surface area contributed by atoms with Crippen LogP contribution in [0.3, 0.4) is 0 Å². The van der Waals surface area contributed by atoms with Gasteiger partial charge in [-0.3, -0.25) is 0 Å². The van der Waals surface area contributed by atoms with Gasteiger partial charge < -0.3 is 20.1 Å². The molecular formula is C24H31N2O3+. The lowest BCUT2D eigenvalue weighted by Gasteiger charge is -2.52. The first-order valence-corrected chi connectivity index (χ1v) is 10.7. The number of aliphatic hydroxyl groups is 1. The maximum atomic E-state index is 13.4. The number of hydrogen-bond donors (Lipinski definition) is 2. The Morgan fingerprint density at radius 2 is 1.59 bits per heavy atom. The van der Waals surface area contributed by atoms with Gasteiger partial charge in [0.05, 0.1) is 19.6 Å². The van der Waals surface area contributed by atoms with Crippen molar-refractivity contribution in [2.24, 2.45) is 11.7 Å². The van der Waals surface area contributed by atoms with Gasteiger partial charge in [0.15, 0.2) is 6.10 Å². The second-order valence-corrected chi connectivity index (χ2v) is 8.56. The predicted molar refractivity (Wildman–Crippen MR) is 112 cm³/mol. The summed E-state index contributed by atoms with van der Waals surface area (Å²) in [5.74, 6) is -0.196. The molecule has 0 amide bonds. The normalized spacial score (nSPS) is 26.3. The van der Waals surface area contributed by atoms with Gasteiger partial charge in [0.2, 0.25) is 5.60 Å². The van der Waals surface area contributed by atoms with Crippen LogP contribution in [-0.2, 0) is 15.1 Å². The third-order valence-corrected chi connectivity index (χ3v) is 6.82. The number of nitrogens with two attached hydrogens (primary N) is 1. The molecule has 5 nitrogen and oxygen atoms in total. The first kappa shape index (κ1) is 20.1. The molecule has 2 bridgehead atoms. The first-order chi connectivity index (χ1) is 14.1. The molecule has 3 fully saturated rings. The van der Waals surface area contributed by atoms with E-state index in [-0.39, 0.29) is 6.10 Å². The fourth-order valence-corrected chi connectivity index (χ4v) is 5.08. The van der Waals surface area contributed by atoms with Crippen LogP contribution < -0.4 is 5.73 Å². The fraction of sp³-hybridized carbons (Fsp3) is 0.458. The lowest BCUT2D eigenvalue weighted by molar-refractivity contribution is -0.946. The number of piperidine rings is 3. The molecule has 3 aliphatic rings. The SMILES string of the molecule is NCCC[N+]12CCC(CC1)C(OC(=O)C(O)(c1ccccc1)c1ccccc1)C2. The molecule has 29 heavy (non-hydrogen) atoms. The van der Waals surface area contributed by atoms with E-state index in [1.807, 2.05) is 36.4 Å². The summed E-state index contributed by atoms with van der Waals surface area (Å²) >= 11 is 0. The van der Waals surface area contributed by atoms with Gasteiger partial charge in [-0.2, -0.15) is 0 Å². The Hall–Kier alpha value is -2.21. The Labute approximate surface area is 172 Å². The van der Waals surface area contributed by atoms with E-state index in [0.29, 0.717) is 23.6 Å². The fourth-order valence-electron chi connectivity index (χ4n) is 5.08. The van der Waals surface area contributed by atoms with Gasteiger partial charge in [0.25, 0.3) is 0 Å². The summed E-state index contributed by atoms with van der Waals surface area (Å²) in [7, 11) is 0. The number of esters is 1. The van der Waals surface area contributed by atoms with Crippen LogP contribution in [0.15, 0.2) is 60.7 Å². The van der Waals surface area contributed by atoms with Crippen molar-refractivity contribution in [1.29, 1.82) is 0 Å². The molecular weight excluding hydrogens is 364 g/mol. The predicted octanol–water partition coefficient (Wildman–Crippen LogP) is 2.42. The van der Waals surface area contributed by atoms with E-state index in [4.69, 9.17) is 10.5 Å². The zero-order valence-electron chi connectivity index (χ0n) is 16.9. The molecule has 154 valence electrons. The molecule has 3 saturated heterocycles. The van der Waals surface area contributed by atoms with E-state index in [9.17, 15) is 9.90 Å². The minimum Gasteiger partial charge on any atom is -0.453 e. The number of ether oxygens (including phenoxy) is 1. The summed E-state index contributed by atoms with van der Waals surface area (Å²) in [4.78, 5) is 13.4. The quantitative estimate of drug-likeness (QED) is 0.558. The minimum absolute atomic E-state index is 0.151. The molecule has 2 aromatic carbocycles. The molecule has 1 atom stereocenters. The number of carbonyl (C=O) groups excluding carboxylic acids is 1. The highest BCUT2D eigenvalue weighted by atomic mass is 16.6. The highest BCUT2D eigenvalue weighted by Crippen LogP contribution is 2.38. The van der Waals surface area contributed by atoms with Crippen LogP contribution in [0.4, 0.5) is 0 Å². The third-order valence-electron chi connectivity index (χ3n) is 6.82. The Balaban J connectivity index is 1.59. The molecule has 5 heteroatoms. The van der Waals surface area contributed by atoms with Gasteiger partial charge in [-0.05, 0) is 17.7 Å². The molecule has 2 aromatic rings. The summed E-state index contributed by atoms with van der Waals surface area (Å²) in [6.45, 7) is 4.84. The molecule has 0 spiro atoms. The average molecular weight is 396 g/mol. The second-order valence-electron chi connectivity index (χ2n) is 8.56. The van der Waals surface area contributed by atoms with Crippen molar-refractivity contribution >= 4 is 5.97 Å². The monoisotopic (exact) mass is 395 g/mol. The average Bonchev–Trinajstić information content (AvgIpc) is 2.79. The maximum Gasteiger partial charge on any atom is 0.348 e. The molecule has 3 N–H and O–H groups in total. The minimum atomic E-state index is -1.81. The zero-order chi connectivity index (χ0) is 20.3. The van der Waals surface area contributed by atoms with Crippen molar-refractivity contribution in [3.8, 4) is 0 Å². The summed E-state index contributed by atoms with van der Waals surface area (Å²) in [5.41, 5.74) is 5.00. The van der Waals surface area contributed by atoms with Crippen molar-refractivity contribution in [3.63, 3.8) is 0 Å². The standard InChI is InChI=1S/C24H31N2O3/c25-14-7-15-26-16-12-19(13-17-26)22(18-26)29-23(27)24(28,20-8-3-1-4-9-20)21-10-5-2-6-11-21/h1-6,8-11,19,22,28H,7,12-18,25H2/q+1. The Bertz CT molecular complexity index is 777. The zero-order valence-corrected chi connectivity index (χ0v) is 16.9. The van der Waals surface area contributed by atoms with Gasteiger partial charge >= 0.3 is 5.97 Å². The molecule has 1 unspecified atom stereocenters. The van der Waals surface area contributed by atoms with Crippen LogP contribution >= 0.6 is 0 Å². The molecule has 0 aliphatic carbocycles. The van der Waals surface area contributed by atoms with E-state index >= 15 is 0 Å². The summed E-state index contributed by atoms with van der Waals surface area (Å²) in [5, 5.41) is 11.6. The number of fused-ring (bicyclic) bond motifs is 3. The lowest BCUT2D eigenvalue weighted by Crippen LogP contribution is -2.65. The second kappa shape index (κ2) is 8.27. The number of quaternary nitrogens is 1. The van der Waals surface area contributed by atoms with Gasteiger partial charge in [-0.1, -0.05) is 60.7 Å². The van der Waals surface area contributed by atoms with E-state index in [1.165, 1.54) is 0 Å². The van der Waals surface area contributed by atoms with E-state index in [1.54, 1.807) is 24.3 Å². The number of hydrogen-bond acceptors (Lipinski definition) is 4.